The van der Waals surface area contributed by atoms with Crippen LogP contribution in [0.25, 0.3) is 10.8 Å². The number of hydrogen-bond acceptors (Lipinski definition) is 3. The van der Waals surface area contributed by atoms with Crippen LogP contribution in [0.2, 0.25) is 0 Å². The van der Waals surface area contributed by atoms with Crippen molar-refractivity contribution < 1.29 is 14.3 Å². The molecule has 2 amide bonds. The Labute approximate surface area is 158 Å². The number of benzene rings is 3. The molecule has 3 rings (SSSR count). The maximum absolute atomic E-state index is 12.2. The number of ether oxygens (including phenoxy) is 1. The number of carbonyl (C=O) groups is 2. The number of aryl methyl sites for hydroxylation is 1. The molecule has 138 valence electrons. The molecule has 1 atom stereocenters. The van der Waals surface area contributed by atoms with Crippen molar-refractivity contribution in [3.05, 3.63) is 77.9 Å². The van der Waals surface area contributed by atoms with Gasteiger partial charge in [-0.25, -0.2) is 0 Å². The summed E-state index contributed by atoms with van der Waals surface area (Å²) in [5.74, 6) is -0.0926. The summed E-state index contributed by atoms with van der Waals surface area (Å²) >= 11 is 0. The maximum Gasteiger partial charge on any atom is 0.279 e. The van der Waals surface area contributed by atoms with E-state index in [4.69, 9.17) is 4.74 Å². The molecule has 5 heteroatoms. The van der Waals surface area contributed by atoms with Crippen LogP contribution in [0.1, 0.15) is 18.1 Å². The van der Waals surface area contributed by atoms with Crippen LogP contribution < -0.4 is 15.6 Å². The Kier molecular flexibility index (Phi) is 5.71. The molecule has 2 N–H and O–H groups in total. The maximum atomic E-state index is 12.2. The van der Waals surface area contributed by atoms with Gasteiger partial charge in [0.25, 0.3) is 5.91 Å². The normalized spacial score (nSPS) is 11.6. The van der Waals surface area contributed by atoms with E-state index in [0.717, 1.165) is 21.9 Å². The summed E-state index contributed by atoms with van der Waals surface area (Å²) in [5, 5.41) is 2.10. The molecule has 0 aromatic heterocycles. The molecule has 5 nitrogen and oxygen atoms in total. The van der Waals surface area contributed by atoms with E-state index in [0.29, 0.717) is 5.75 Å². The lowest BCUT2D eigenvalue weighted by atomic mass is 10.0. The minimum Gasteiger partial charge on any atom is -0.481 e. The van der Waals surface area contributed by atoms with Crippen LogP contribution in [-0.2, 0) is 16.0 Å². The summed E-state index contributed by atoms with van der Waals surface area (Å²) in [6.45, 7) is 3.58. The first-order valence-corrected chi connectivity index (χ1v) is 8.81. The molecular formula is C22H22N2O3. The van der Waals surface area contributed by atoms with Gasteiger partial charge in [-0.1, -0.05) is 54.6 Å². The number of nitrogens with one attached hydrogen (secondary N) is 2. The second-order valence-electron chi connectivity index (χ2n) is 6.43. The van der Waals surface area contributed by atoms with Gasteiger partial charge in [-0.3, -0.25) is 20.4 Å². The summed E-state index contributed by atoms with van der Waals surface area (Å²) in [7, 11) is 0. The van der Waals surface area contributed by atoms with E-state index in [1.165, 1.54) is 0 Å². The SMILES string of the molecule is Cc1cccc(OC(C)C(=O)NNC(=O)Cc2cccc3ccccc23)c1. The van der Waals surface area contributed by atoms with Gasteiger partial charge < -0.3 is 4.74 Å². The summed E-state index contributed by atoms with van der Waals surface area (Å²) in [4.78, 5) is 24.4. The Morgan fingerprint density at radius 1 is 0.963 bits per heavy atom. The minimum atomic E-state index is -0.732. The molecule has 0 saturated carbocycles. The molecule has 0 fully saturated rings. The van der Waals surface area contributed by atoms with Crippen molar-refractivity contribution in [3.8, 4) is 5.75 Å². The van der Waals surface area contributed by atoms with Crippen molar-refractivity contribution in [1.29, 1.82) is 0 Å². The van der Waals surface area contributed by atoms with Crippen LogP contribution in [0.15, 0.2) is 66.7 Å². The lowest BCUT2D eigenvalue weighted by Crippen LogP contribution is -2.47. The zero-order valence-corrected chi connectivity index (χ0v) is 15.4. The first kappa shape index (κ1) is 18.5. The Morgan fingerprint density at radius 2 is 1.70 bits per heavy atom. The largest absolute Gasteiger partial charge is 0.481 e. The van der Waals surface area contributed by atoms with Gasteiger partial charge in [0.2, 0.25) is 5.91 Å². The van der Waals surface area contributed by atoms with E-state index in [2.05, 4.69) is 10.9 Å². The molecule has 3 aromatic carbocycles. The lowest BCUT2D eigenvalue weighted by Gasteiger charge is -2.15. The molecule has 3 aromatic rings. The van der Waals surface area contributed by atoms with Crippen molar-refractivity contribution in [2.75, 3.05) is 0 Å². The predicted octanol–water partition coefficient (Wildman–Crippen LogP) is 3.31. The molecule has 1 unspecified atom stereocenters. The van der Waals surface area contributed by atoms with Crippen LogP contribution in [0.5, 0.6) is 5.75 Å². The Hall–Kier alpha value is -3.34. The zero-order chi connectivity index (χ0) is 19.2. The van der Waals surface area contributed by atoms with Crippen molar-refractivity contribution in [2.45, 2.75) is 26.4 Å². The highest BCUT2D eigenvalue weighted by Crippen LogP contribution is 2.18. The number of hydrogen-bond donors (Lipinski definition) is 2. The van der Waals surface area contributed by atoms with Gasteiger partial charge in [0.15, 0.2) is 6.10 Å². The Balaban J connectivity index is 1.54. The minimum absolute atomic E-state index is 0.175. The van der Waals surface area contributed by atoms with Crippen molar-refractivity contribution >= 4 is 22.6 Å². The van der Waals surface area contributed by atoms with E-state index in [9.17, 15) is 9.59 Å². The molecule has 0 aliphatic carbocycles. The fourth-order valence-corrected chi connectivity index (χ4v) is 2.84. The topological polar surface area (TPSA) is 67.4 Å². The van der Waals surface area contributed by atoms with Crippen LogP contribution in [0.3, 0.4) is 0 Å². The Bertz CT molecular complexity index is 963. The van der Waals surface area contributed by atoms with Crippen molar-refractivity contribution in [3.63, 3.8) is 0 Å². The molecule has 0 saturated heterocycles. The summed E-state index contributed by atoms with van der Waals surface area (Å²) < 4.78 is 5.60. The third-order valence-corrected chi connectivity index (χ3v) is 4.23. The summed E-state index contributed by atoms with van der Waals surface area (Å²) in [6.07, 6.45) is -0.556. The van der Waals surface area contributed by atoms with E-state index in [1.54, 1.807) is 13.0 Å². The van der Waals surface area contributed by atoms with E-state index >= 15 is 0 Å². The second kappa shape index (κ2) is 8.36. The summed E-state index contributed by atoms with van der Waals surface area (Å²) in [6, 6.07) is 21.2. The van der Waals surface area contributed by atoms with Gasteiger partial charge in [0, 0.05) is 0 Å². The van der Waals surface area contributed by atoms with Gasteiger partial charge >= 0.3 is 0 Å². The van der Waals surface area contributed by atoms with E-state index in [-0.39, 0.29) is 12.3 Å². The average molecular weight is 362 g/mol. The van der Waals surface area contributed by atoms with Gasteiger partial charge in [0.05, 0.1) is 6.42 Å². The van der Waals surface area contributed by atoms with Crippen molar-refractivity contribution in [1.82, 2.24) is 10.9 Å². The number of fused-ring (bicyclic) bond motifs is 1. The van der Waals surface area contributed by atoms with E-state index in [1.807, 2.05) is 67.6 Å². The second-order valence-corrected chi connectivity index (χ2v) is 6.43. The first-order chi connectivity index (χ1) is 13.0. The monoisotopic (exact) mass is 362 g/mol. The number of rotatable bonds is 5. The Morgan fingerprint density at radius 3 is 2.52 bits per heavy atom. The molecule has 0 spiro atoms. The average Bonchev–Trinajstić information content (AvgIpc) is 2.66. The number of carbonyl (C=O) groups excluding carboxylic acids is 2. The number of hydrazine groups is 1. The highest BCUT2D eigenvalue weighted by molar-refractivity contribution is 5.91. The van der Waals surface area contributed by atoms with Gasteiger partial charge in [-0.2, -0.15) is 0 Å². The molecular weight excluding hydrogens is 340 g/mol. The predicted molar refractivity (Wildman–Crippen MR) is 105 cm³/mol. The summed E-state index contributed by atoms with van der Waals surface area (Å²) in [5.41, 5.74) is 6.83. The fourth-order valence-electron chi connectivity index (χ4n) is 2.84. The highest BCUT2D eigenvalue weighted by atomic mass is 16.5. The van der Waals surface area contributed by atoms with Crippen LogP contribution >= 0.6 is 0 Å². The van der Waals surface area contributed by atoms with Crippen LogP contribution in [0.4, 0.5) is 0 Å². The smallest absolute Gasteiger partial charge is 0.279 e. The van der Waals surface area contributed by atoms with Gasteiger partial charge in [-0.05, 0) is 47.9 Å². The molecule has 27 heavy (non-hydrogen) atoms. The third-order valence-electron chi connectivity index (χ3n) is 4.23. The zero-order valence-electron chi connectivity index (χ0n) is 15.4. The first-order valence-electron chi connectivity index (χ1n) is 8.81. The molecule has 0 bridgehead atoms. The number of amides is 2. The fraction of sp³-hybridized carbons (Fsp3) is 0.182. The highest BCUT2D eigenvalue weighted by Gasteiger charge is 2.16. The third kappa shape index (κ3) is 4.85. The van der Waals surface area contributed by atoms with Gasteiger partial charge in [0.1, 0.15) is 5.75 Å². The van der Waals surface area contributed by atoms with Gasteiger partial charge in [-0.15, -0.1) is 0 Å². The standard InChI is InChI=1S/C22H22N2O3/c1-15-7-5-11-19(13-15)27-16(2)22(26)24-23-21(25)14-18-10-6-9-17-8-3-4-12-20(17)18/h3-13,16H,14H2,1-2H3,(H,23,25)(H,24,26). The van der Waals surface area contributed by atoms with Crippen molar-refractivity contribution in [2.24, 2.45) is 0 Å². The quantitative estimate of drug-likeness (QED) is 0.685. The van der Waals surface area contributed by atoms with Crippen LogP contribution in [-0.4, -0.2) is 17.9 Å². The van der Waals surface area contributed by atoms with Crippen LogP contribution in [0, 0.1) is 6.92 Å². The van der Waals surface area contributed by atoms with E-state index < -0.39 is 12.0 Å². The lowest BCUT2D eigenvalue weighted by molar-refractivity contribution is -0.132. The molecule has 0 radical (unpaired) electrons. The molecule has 0 aliphatic rings. The molecule has 0 heterocycles. The molecule has 0 aliphatic heterocycles.